The van der Waals surface area contributed by atoms with Crippen molar-refractivity contribution in [2.45, 2.75) is 12.8 Å². The van der Waals surface area contributed by atoms with Crippen LogP contribution < -0.4 is 11.2 Å². The highest BCUT2D eigenvalue weighted by molar-refractivity contribution is 7.80. The number of carbonyl (C=O) groups excluding carboxylic acids is 2. The first-order valence-corrected chi connectivity index (χ1v) is 6.27. The van der Waals surface area contributed by atoms with Crippen molar-refractivity contribution in [1.82, 2.24) is 10.4 Å². The van der Waals surface area contributed by atoms with E-state index in [1.54, 1.807) is 6.07 Å². The first-order chi connectivity index (χ1) is 9.73. The molecule has 0 aliphatic carbocycles. The molecular weight excluding hydrogens is 296 g/mol. The number of nitrogens with one attached hydrogen (secondary N) is 1. The van der Waals surface area contributed by atoms with E-state index in [9.17, 15) is 19.7 Å². The van der Waals surface area contributed by atoms with Crippen molar-refractivity contribution in [2.75, 3.05) is 7.05 Å². The lowest BCUT2D eigenvalue weighted by molar-refractivity contribution is -0.384. The van der Waals surface area contributed by atoms with Gasteiger partial charge in [0.2, 0.25) is 5.78 Å². The molecule has 1 aromatic rings. The normalized spacial score (nSPS) is 11.3. The summed E-state index contributed by atoms with van der Waals surface area (Å²) < 4.78 is 0. The number of benzene rings is 1. The summed E-state index contributed by atoms with van der Waals surface area (Å²) >= 11 is 4.57. The van der Waals surface area contributed by atoms with Gasteiger partial charge in [0.1, 0.15) is 0 Å². The number of hydrazine groups is 1. The highest BCUT2D eigenvalue weighted by atomic mass is 32.1. The summed E-state index contributed by atoms with van der Waals surface area (Å²) in [6.07, 6.45) is 0. The average Bonchev–Trinajstić information content (AvgIpc) is 2.44. The Hall–Kier alpha value is -2.55. The van der Waals surface area contributed by atoms with Crippen LogP contribution in [0.2, 0.25) is 0 Å². The Labute approximate surface area is 126 Å². The third kappa shape index (κ3) is 4.21. The molecule has 1 amide bonds. The highest BCUT2D eigenvalue weighted by Crippen LogP contribution is 2.21. The van der Waals surface area contributed by atoms with Gasteiger partial charge in [-0.05, 0) is 17.8 Å². The Morgan fingerprint density at radius 1 is 1.48 bits per heavy atom. The number of non-ortho nitro benzene ring substituents is 1. The van der Waals surface area contributed by atoms with Gasteiger partial charge >= 0.3 is 5.91 Å². The number of Topliss-reactive ketones (excluding diaryl/α,β-unsaturated/α-hetero) is 1. The summed E-state index contributed by atoms with van der Waals surface area (Å²) in [6.45, 7) is 1.49. The fraction of sp³-hybridized carbons (Fsp3) is 0.250. The van der Waals surface area contributed by atoms with E-state index in [-0.39, 0.29) is 10.8 Å². The van der Waals surface area contributed by atoms with Crippen LogP contribution in [0.15, 0.2) is 24.3 Å². The van der Waals surface area contributed by atoms with E-state index in [1.165, 1.54) is 32.2 Å². The smallest absolute Gasteiger partial charge is 0.308 e. The maximum atomic E-state index is 12.1. The molecule has 3 N–H and O–H groups in total. The SMILES string of the molecule is CC(C(=O)C(=O)N(C)NC(N)=S)c1cccc([N+](=O)[O-])c1. The van der Waals surface area contributed by atoms with Crippen LogP contribution in [0.1, 0.15) is 18.4 Å². The summed E-state index contributed by atoms with van der Waals surface area (Å²) in [4.78, 5) is 34.1. The van der Waals surface area contributed by atoms with Crippen molar-refractivity contribution in [3.8, 4) is 0 Å². The number of thiocarbonyl (C=S) groups is 1. The average molecular weight is 310 g/mol. The zero-order chi connectivity index (χ0) is 16.2. The van der Waals surface area contributed by atoms with E-state index in [1.807, 2.05) is 0 Å². The molecule has 0 fully saturated rings. The minimum atomic E-state index is -0.846. The molecule has 1 aromatic carbocycles. The molecule has 0 bridgehead atoms. The summed E-state index contributed by atoms with van der Waals surface area (Å²) in [5.74, 6) is -2.41. The Kier molecular flexibility index (Phi) is 5.30. The lowest BCUT2D eigenvalue weighted by Gasteiger charge is -2.19. The van der Waals surface area contributed by atoms with Gasteiger partial charge in [-0.2, -0.15) is 0 Å². The largest absolute Gasteiger partial charge is 0.375 e. The van der Waals surface area contributed by atoms with Crippen molar-refractivity contribution >= 4 is 34.7 Å². The van der Waals surface area contributed by atoms with Crippen LogP contribution in [0.4, 0.5) is 5.69 Å². The highest BCUT2D eigenvalue weighted by Gasteiger charge is 2.27. The second-order valence-electron chi connectivity index (χ2n) is 4.28. The molecule has 1 unspecified atom stereocenters. The first-order valence-electron chi connectivity index (χ1n) is 5.86. The summed E-state index contributed by atoms with van der Waals surface area (Å²) in [7, 11) is 1.31. The fourth-order valence-corrected chi connectivity index (χ4v) is 1.76. The lowest BCUT2D eigenvalue weighted by atomic mass is 9.96. The van der Waals surface area contributed by atoms with Gasteiger partial charge in [0, 0.05) is 19.2 Å². The van der Waals surface area contributed by atoms with E-state index in [2.05, 4.69) is 17.6 Å². The Morgan fingerprint density at radius 2 is 2.10 bits per heavy atom. The third-order valence-electron chi connectivity index (χ3n) is 2.77. The van der Waals surface area contributed by atoms with Gasteiger partial charge in [0.05, 0.1) is 10.8 Å². The Bertz CT molecular complexity index is 605. The van der Waals surface area contributed by atoms with Crippen LogP contribution >= 0.6 is 12.2 Å². The fourth-order valence-electron chi connectivity index (χ4n) is 1.63. The number of hydrogen-bond donors (Lipinski definition) is 2. The van der Waals surface area contributed by atoms with E-state index >= 15 is 0 Å². The number of likely N-dealkylation sites (N-methyl/N-ethyl adjacent to an activating group) is 1. The van der Waals surface area contributed by atoms with Crippen LogP contribution in [0.5, 0.6) is 0 Å². The van der Waals surface area contributed by atoms with Crippen molar-refractivity contribution in [3.05, 3.63) is 39.9 Å². The molecule has 0 saturated carbocycles. The van der Waals surface area contributed by atoms with Gasteiger partial charge in [-0.25, -0.2) is 0 Å². The third-order valence-corrected chi connectivity index (χ3v) is 2.86. The van der Waals surface area contributed by atoms with E-state index in [4.69, 9.17) is 5.73 Å². The molecule has 8 nitrogen and oxygen atoms in total. The lowest BCUT2D eigenvalue weighted by Crippen LogP contribution is -2.49. The molecule has 0 saturated heterocycles. The van der Waals surface area contributed by atoms with Crippen LogP contribution in [0, 0.1) is 10.1 Å². The Balaban J connectivity index is 2.92. The predicted molar refractivity (Wildman–Crippen MR) is 79.2 cm³/mol. The van der Waals surface area contributed by atoms with Crippen LogP contribution in [0.3, 0.4) is 0 Å². The monoisotopic (exact) mass is 310 g/mol. The molecule has 0 aliphatic heterocycles. The van der Waals surface area contributed by atoms with Crippen molar-refractivity contribution in [3.63, 3.8) is 0 Å². The molecule has 0 aromatic heterocycles. The van der Waals surface area contributed by atoms with E-state index in [0.717, 1.165) is 5.01 Å². The van der Waals surface area contributed by atoms with Crippen LogP contribution in [-0.4, -0.2) is 33.8 Å². The standard InChI is InChI=1S/C12H14N4O4S/c1-7(8-4-3-5-9(6-8)16(19)20)10(17)11(18)15(2)14-12(13)21/h3-7H,1-2H3,(H3,13,14,21). The Morgan fingerprint density at radius 3 is 2.62 bits per heavy atom. The summed E-state index contributed by atoms with van der Waals surface area (Å²) in [6, 6.07) is 5.57. The maximum absolute atomic E-state index is 12.1. The minimum Gasteiger partial charge on any atom is -0.375 e. The number of rotatable bonds is 4. The maximum Gasteiger partial charge on any atom is 0.308 e. The molecule has 0 radical (unpaired) electrons. The van der Waals surface area contributed by atoms with Gasteiger partial charge in [-0.15, -0.1) is 0 Å². The van der Waals surface area contributed by atoms with Crippen LogP contribution in [-0.2, 0) is 9.59 Å². The molecule has 21 heavy (non-hydrogen) atoms. The number of nitro benzene ring substituents is 1. The van der Waals surface area contributed by atoms with Gasteiger partial charge in [-0.3, -0.25) is 30.1 Å². The topological polar surface area (TPSA) is 119 Å². The number of nitrogens with two attached hydrogens (primary N) is 1. The molecule has 9 heteroatoms. The molecule has 0 aliphatic rings. The number of amides is 1. The van der Waals surface area contributed by atoms with Gasteiger partial charge in [0.25, 0.3) is 5.69 Å². The molecule has 0 spiro atoms. The number of ketones is 1. The second-order valence-corrected chi connectivity index (χ2v) is 4.72. The molecular formula is C12H14N4O4S. The minimum absolute atomic E-state index is 0.144. The molecule has 1 atom stereocenters. The zero-order valence-electron chi connectivity index (χ0n) is 11.4. The number of nitro groups is 1. The van der Waals surface area contributed by atoms with Gasteiger partial charge in [-0.1, -0.05) is 19.1 Å². The number of nitrogens with zero attached hydrogens (tertiary/aromatic N) is 2. The van der Waals surface area contributed by atoms with Gasteiger partial charge < -0.3 is 5.73 Å². The van der Waals surface area contributed by atoms with Crippen molar-refractivity contribution in [1.29, 1.82) is 0 Å². The number of carbonyl (C=O) groups is 2. The summed E-state index contributed by atoms with van der Waals surface area (Å²) in [5, 5.41) is 11.4. The van der Waals surface area contributed by atoms with Crippen molar-refractivity contribution in [2.24, 2.45) is 5.73 Å². The zero-order valence-corrected chi connectivity index (χ0v) is 12.2. The predicted octanol–water partition coefficient (Wildman–Crippen LogP) is 0.474. The summed E-state index contributed by atoms with van der Waals surface area (Å²) in [5.41, 5.74) is 7.77. The molecule has 112 valence electrons. The van der Waals surface area contributed by atoms with Crippen LogP contribution in [0.25, 0.3) is 0 Å². The van der Waals surface area contributed by atoms with E-state index in [0.29, 0.717) is 5.56 Å². The quantitative estimate of drug-likeness (QED) is 0.359. The van der Waals surface area contributed by atoms with E-state index < -0.39 is 22.5 Å². The molecule has 0 heterocycles. The van der Waals surface area contributed by atoms with Gasteiger partial charge in [0.15, 0.2) is 5.11 Å². The number of hydrogen-bond acceptors (Lipinski definition) is 5. The second kappa shape index (κ2) is 6.75. The molecule has 1 rings (SSSR count). The van der Waals surface area contributed by atoms with Crippen molar-refractivity contribution < 1.29 is 14.5 Å². The first kappa shape index (κ1) is 16.5.